The smallest absolute Gasteiger partial charge is 0.159 e. The fraction of sp³-hybridized carbons (Fsp3) is 0.188. The Morgan fingerprint density at radius 3 is 2.71 bits per heavy atom. The Bertz CT molecular complexity index is 734. The predicted molar refractivity (Wildman–Crippen MR) is 77.7 cm³/mol. The highest BCUT2D eigenvalue weighted by Crippen LogP contribution is 2.17. The summed E-state index contributed by atoms with van der Waals surface area (Å²) in [6.07, 6.45) is 0. The van der Waals surface area contributed by atoms with E-state index < -0.39 is 11.6 Å². The van der Waals surface area contributed by atoms with Crippen LogP contribution in [0.3, 0.4) is 0 Å². The third-order valence-corrected chi connectivity index (χ3v) is 3.46. The van der Waals surface area contributed by atoms with Crippen molar-refractivity contribution in [1.29, 1.82) is 0 Å². The largest absolute Gasteiger partial charge is 0.341 e. The molecule has 0 fully saturated rings. The molecule has 3 nitrogen and oxygen atoms in total. The van der Waals surface area contributed by atoms with E-state index in [0.717, 1.165) is 22.9 Å². The number of H-pyrrole nitrogens is 1. The molecule has 0 aliphatic rings. The molecule has 1 unspecified atom stereocenters. The van der Waals surface area contributed by atoms with Crippen LogP contribution in [0.4, 0.5) is 8.78 Å². The first-order chi connectivity index (χ1) is 10.1. The van der Waals surface area contributed by atoms with Gasteiger partial charge in [-0.25, -0.2) is 13.8 Å². The minimum atomic E-state index is -0.830. The molecule has 0 aliphatic heterocycles. The summed E-state index contributed by atoms with van der Waals surface area (Å²) in [7, 11) is 0. The van der Waals surface area contributed by atoms with Crippen molar-refractivity contribution in [1.82, 2.24) is 15.3 Å². The van der Waals surface area contributed by atoms with Gasteiger partial charge in [0.25, 0.3) is 0 Å². The molecule has 0 saturated carbocycles. The summed E-state index contributed by atoms with van der Waals surface area (Å²) >= 11 is 0. The van der Waals surface area contributed by atoms with Crippen molar-refractivity contribution in [3.05, 3.63) is 65.5 Å². The quantitative estimate of drug-likeness (QED) is 0.768. The first-order valence-corrected chi connectivity index (χ1v) is 6.75. The minimum Gasteiger partial charge on any atom is -0.341 e. The first kappa shape index (κ1) is 13.7. The molecule has 108 valence electrons. The topological polar surface area (TPSA) is 40.7 Å². The Labute approximate surface area is 121 Å². The van der Waals surface area contributed by atoms with E-state index in [4.69, 9.17) is 0 Å². The molecule has 1 aromatic heterocycles. The lowest BCUT2D eigenvalue weighted by atomic mass is 10.1. The van der Waals surface area contributed by atoms with Crippen LogP contribution in [0.25, 0.3) is 11.0 Å². The van der Waals surface area contributed by atoms with E-state index in [0.29, 0.717) is 12.1 Å². The van der Waals surface area contributed by atoms with E-state index in [2.05, 4.69) is 15.3 Å². The first-order valence-electron chi connectivity index (χ1n) is 6.75. The zero-order valence-electron chi connectivity index (χ0n) is 11.5. The lowest BCUT2D eigenvalue weighted by molar-refractivity contribution is 0.499. The SMILES string of the molecule is CC(NCc1nc2ccccc2[nH]1)c1ccc(F)c(F)c1. The number of hydrogen-bond donors (Lipinski definition) is 2. The molecule has 3 rings (SSSR count). The van der Waals surface area contributed by atoms with Crippen LogP contribution in [0.2, 0.25) is 0 Å². The fourth-order valence-corrected chi connectivity index (χ4v) is 2.24. The number of halogens is 2. The van der Waals surface area contributed by atoms with Gasteiger partial charge in [0.05, 0.1) is 17.6 Å². The molecular weight excluding hydrogens is 272 g/mol. The van der Waals surface area contributed by atoms with Crippen LogP contribution in [-0.2, 0) is 6.54 Å². The second kappa shape index (κ2) is 5.61. The van der Waals surface area contributed by atoms with E-state index in [1.165, 1.54) is 6.07 Å². The molecule has 2 N–H and O–H groups in total. The summed E-state index contributed by atoms with van der Waals surface area (Å²) in [5, 5.41) is 3.24. The Kier molecular flexibility index (Phi) is 3.66. The molecule has 0 radical (unpaired) electrons. The van der Waals surface area contributed by atoms with Crippen molar-refractivity contribution in [2.75, 3.05) is 0 Å². The molecule has 0 aliphatic carbocycles. The second-order valence-electron chi connectivity index (χ2n) is 4.98. The average molecular weight is 287 g/mol. The molecule has 0 spiro atoms. The predicted octanol–water partition coefficient (Wildman–Crippen LogP) is 3.69. The number of aromatic nitrogens is 2. The fourth-order valence-electron chi connectivity index (χ4n) is 2.24. The second-order valence-corrected chi connectivity index (χ2v) is 4.98. The average Bonchev–Trinajstić information content (AvgIpc) is 2.90. The van der Waals surface area contributed by atoms with Crippen molar-refractivity contribution < 1.29 is 8.78 Å². The molecule has 2 aromatic carbocycles. The number of benzene rings is 2. The number of nitrogens with zero attached hydrogens (tertiary/aromatic N) is 1. The summed E-state index contributed by atoms with van der Waals surface area (Å²) < 4.78 is 26.1. The molecular formula is C16H15F2N3. The monoisotopic (exact) mass is 287 g/mol. The number of aromatic amines is 1. The van der Waals surface area contributed by atoms with Crippen molar-refractivity contribution in [2.45, 2.75) is 19.5 Å². The molecule has 0 saturated heterocycles. The van der Waals surface area contributed by atoms with Gasteiger partial charge < -0.3 is 10.3 Å². The zero-order chi connectivity index (χ0) is 14.8. The number of para-hydroxylation sites is 2. The van der Waals surface area contributed by atoms with Crippen LogP contribution < -0.4 is 5.32 Å². The third-order valence-electron chi connectivity index (χ3n) is 3.46. The zero-order valence-corrected chi connectivity index (χ0v) is 11.5. The van der Waals surface area contributed by atoms with Crippen LogP contribution >= 0.6 is 0 Å². The Hall–Kier alpha value is -2.27. The third kappa shape index (κ3) is 2.92. The number of fused-ring (bicyclic) bond motifs is 1. The Morgan fingerprint density at radius 1 is 1.14 bits per heavy atom. The lowest BCUT2D eigenvalue weighted by Gasteiger charge is -2.13. The maximum absolute atomic E-state index is 13.2. The highest BCUT2D eigenvalue weighted by atomic mass is 19.2. The molecule has 5 heteroatoms. The van der Waals surface area contributed by atoms with Crippen molar-refractivity contribution in [3.63, 3.8) is 0 Å². The van der Waals surface area contributed by atoms with Gasteiger partial charge in [-0.1, -0.05) is 18.2 Å². The summed E-state index contributed by atoms with van der Waals surface area (Å²) in [5.74, 6) is -0.848. The van der Waals surface area contributed by atoms with Gasteiger partial charge in [0.1, 0.15) is 5.82 Å². The van der Waals surface area contributed by atoms with Gasteiger partial charge in [-0.2, -0.15) is 0 Å². The summed E-state index contributed by atoms with van der Waals surface area (Å²) in [6, 6.07) is 11.6. The lowest BCUT2D eigenvalue weighted by Crippen LogP contribution is -2.19. The van der Waals surface area contributed by atoms with Gasteiger partial charge in [0, 0.05) is 6.04 Å². The van der Waals surface area contributed by atoms with E-state index in [1.54, 1.807) is 6.07 Å². The maximum Gasteiger partial charge on any atom is 0.159 e. The van der Waals surface area contributed by atoms with Crippen molar-refractivity contribution in [3.8, 4) is 0 Å². The van der Waals surface area contributed by atoms with E-state index in [9.17, 15) is 8.78 Å². The van der Waals surface area contributed by atoms with Gasteiger partial charge in [-0.05, 0) is 36.8 Å². The maximum atomic E-state index is 13.2. The number of rotatable bonds is 4. The number of nitrogens with one attached hydrogen (secondary N) is 2. The normalized spacial score (nSPS) is 12.7. The molecule has 0 amide bonds. The van der Waals surface area contributed by atoms with Crippen molar-refractivity contribution >= 4 is 11.0 Å². The molecule has 3 aromatic rings. The van der Waals surface area contributed by atoms with Crippen LogP contribution in [0, 0.1) is 11.6 Å². The van der Waals surface area contributed by atoms with E-state index in [-0.39, 0.29) is 6.04 Å². The summed E-state index contributed by atoms with van der Waals surface area (Å²) in [5.41, 5.74) is 2.59. The standard InChI is InChI=1S/C16H15F2N3/c1-10(11-6-7-12(17)13(18)8-11)19-9-16-20-14-4-2-3-5-15(14)21-16/h2-8,10,19H,9H2,1H3,(H,20,21). The highest BCUT2D eigenvalue weighted by molar-refractivity contribution is 5.74. The van der Waals surface area contributed by atoms with Crippen LogP contribution in [0.5, 0.6) is 0 Å². The summed E-state index contributed by atoms with van der Waals surface area (Å²) in [4.78, 5) is 7.67. The number of hydrogen-bond acceptors (Lipinski definition) is 2. The van der Waals surface area contributed by atoms with Gasteiger partial charge >= 0.3 is 0 Å². The minimum absolute atomic E-state index is 0.103. The number of imidazole rings is 1. The summed E-state index contributed by atoms with van der Waals surface area (Å²) in [6.45, 7) is 2.42. The molecule has 21 heavy (non-hydrogen) atoms. The molecule has 0 bridgehead atoms. The Morgan fingerprint density at radius 2 is 1.95 bits per heavy atom. The van der Waals surface area contributed by atoms with Gasteiger partial charge in [-0.3, -0.25) is 0 Å². The highest BCUT2D eigenvalue weighted by Gasteiger charge is 2.10. The molecule has 1 atom stereocenters. The van der Waals surface area contributed by atoms with Gasteiger partial charge in [0.2, 0.25) is 0 Å². The van der Waals surface area contributed by atoms with Crippen LogP contribution in [0.1, 0.15) is 24.4 Å². The molecule has 1 heterocycles. The Balaban J connectivity index is 1.70. The van der Waals surface area contributed by atoms with Crippen LogP contribution in [-0.4, -0.2) is 9.97 Å². The van der Waals surface area contributed by atoms with Crippen molar-refractivity contribution in [2.24, 2.45) is 0 Å². The van der Waals surface area contributed by atoms with E-state index >= 15 is 0 Å². The van der Waals surface area contributed by atoms with Gasteiger partial charge in [0.15, 0.2) is 11.6 Å². The van der Waals surface area contributed by atoms with Crippen LogP contribution in [0.15, 0.2) is 42.5 Å². The van der Waals surface area contributed by atoms with E-state index in [1.807, 2.05) is 31.2 Å². The van der Waals surface area contributed by atoms with Gasteiger partial charge in [-0.15, -0.1) is 0 Å².